The van der Waals surface area contributed by atoms with E-state index in [2.05, 4.69) is 15.1 Å². The molecule has 0 saturated heterocycles. The first-order chi connectivity index (χ1) is 19.7. The van der Waals surface area contributed by atoms with E-state index in [4.69, 9.17) is 9.47 Å². The summed E-state index contributed by atoms with van der Waals surface area (Å²) in [7, 11) is -2.81. The number of halogens is 1. The lowest BCUT2D eigenvalue weighted by atomic mass is 10.1. The number of hydrogen-bond acceptors (Lipinski definition) is 8. The second-order valence-electron chi connectivity index (χ2n) is 10.2. The smallest absolute Gasteiger partial charge is 0.276 e. The number of carbonyl (C=O) groups is 1. The van der Waals surface area contributed by atoms with Crippen LogP contribution < -0.4 is 19.5 Å². The lowest BCUT2D eigenvalue weighted by molar-refractivity contribution is -0.385. The monoisotopic (exact) mass is 597 g/mol. The molecular formula is C28H28FN5O7S. The van der Waals surface area contributed by atoms with Gasteiger partial charge in [-0.2, -0.15) is 9.78 Å². The van der Waals surface area contributed by atoms with Gasteiger partial charge in [-0.05, 0) is 82.3 Å². The van der Waals surface area contributed by atoms with Gasteiger partial charge in [-0.3, -0.25) is 14.9 Å². The number of anilines is 1. The number of hydrogen-bond donors (Lipinski definition) is 2. The van der Waals surface area contributed by atoms with E-state index < -0.39 is 42.8 Å². The van der Waals surface area contributed by atoms with Crippen molar-refractivity contribution in [3.63, 3.8) is 0 Å². The summed E-state index contributed by atoms with van der Waals surface area (Å²) in [5, 5.41) is 18.6. The fourth-order valence-corrected chi connectivity index (χ4v) is 5.47. The third kappa shape index (κ3) is 6.72. The number of rotatable bonds is 9. The van der Waals surface area contributed by atoms with Gasteiger partial charge in [-0.25, -0.2) is 17.5 Å². The largest absolute Gasteiger partial charge is 0.497 e. The number of non-ortho nitro benzene ring substituents is 1. The molecule has 4 rings (SSSR count). The second kappa shape index (κ2) is 11.6. The van der Waals surface area contributed by atoms with Crippen LogP contribution in [0.25, 0.3) is 5.69 Å². The molecule has 42 heavy (non-hydrogen) atoms. The first-order valence-corrected chi connectivity index (χ1v) is 14.0. The minimum Gasteiger partial charge on any atom is -0.497 e. The third-order valence-corrected chi connectivity index (χ3v) is 7.56. The normalized spacial score (nSPS) is 11.7. The summed E-state index contributed by atoms with van der Waals surface area (Å²) in [5.41, 5.74) is -0.447. The Balaban J connectivity index is 1.85. The van der Waals surface area contributed by atoms with Crippen molar-refractivity contribution in [3.05, 3.63) is 93.9 Å². The zero-order valence-electron chi connectivity index (χ0n) is 23.3. The molecule has 0 aliphatic rings. The molecule has 3 aromatic carbocycles. The maximum Gasteiger partial charge on any atom is 0.276 e. The minimum atomic E-state index is -4.31. The van der Waals surface area contributed by atoms with E-state index in [-0.39, 0.29) is 22.9 Å². The minimum absolute atomic E-state index is 0.0227. The zero-order valence-corrected chi connectivity index (χ0v) is 24.2. The molecule has 2 N–H and O–H groups in total. The van der Waals surface area contributed by atoms with E-state index in [1.54, 1.807) is 52.0 Å². The average molecular weight is 598 g/mol. The quantitative estimate of drug-likeness (QED) is 0.193. The van der Waals surface area contributed by atoms with Crippen LogP contribution in [0.5, 0.6) is 17.4 Å². The van der Waals surface area contributed by atoms with Crippen LogP contribution in [0.4, 0.5) is 15.8 Å². The van der Waals surface area contributed by atoms with Gasteiger partial charge in [-0.1, -0.05) is 0 Å². The molecule has 0 bridgehead atoms. The van der Waals surface area contributed by atoms with E-state index >= 15 is 0 Å². The molecule has 0 atom stereocenters. The van der Waals surface area contributed by atoms with E-state index in [0.717, 1.165) is 12.1 Å². The fraction of sp³-hybridized carbons (Fsp3) is 0.214. The highest BCUT2D eigenvalue weighted by Gasteiger charge is 2.30. The molecule has 0 aliphatic heterocycles. The van der Waals surface area contributed by atoms with Crippen LogP contribution in [0.2, 0.25) is 0 Å². The Morgan fingerprint density at radius 2 is 1.69 bits per heavy atom. The molecule has 1 heterocycles. The van der Waals surface area contributed by atoms with Gasteiger partial charge in [0, 0.05) is 28.9 Å². The molecule has 1 amide bonds. The Kier molecular flexibility index (Phi) is 8.31. The average Bonchev–Trinajstić information content (AvgIpc) is 3.24. The van der Waals surface area contributed by atoms with Gasteiger partial charge in [0.2, 0.25) is 15.9 Å². The maximum absolute atomic E-state index is 13.4. The van der Waals surface area contributed by atoms with E-state index in [1.165, 1.54) is 42.1 Å². The summed E-state index contributed by atoms with van der Waals surface area (Å²) in [6.45, 7) is 6.42. The Morgan fingerprint density at radius 3 is 2.26 bits per heavy atom. The lowest BCUT2D eigenvalue weighted by Gasteiger charge is -2.21. The summed E-state index contributed by atoms with van der Waals surface area (Å²) in [4.78, 5) is 23.5. The highest BCUT2D eigenvalue weighted by atomic mass is 32.2. The van der Waals surface area contributed by atoms with E-state index in [1.807, 2.05) is 0 Å². The Morgan fingerprint density at radius 1 is 1.05 bits per heavy atom. The molecular weight excluding hydrogens is 569 g/mol. The summed E-state index contributed by atoms with van der Waals surface area (Å²) in [5.74, 6) is -0.817. The van der Waals surface area contributed by atoms with Gasteiger partial charge in [0.25, 0.3) is 11.6 Å². The number of benzene rings is 3. The standard InChI is InChI=1S/C28H28FN5O7S/c1-17-25(26(35)30-19-8-6-18(29)7-9-19)31-33(20-10-13-22(40-5)14-11-20)27(17)41-23-15-12-21(34(36)37)16-24(23)42(38,39)32-28(2,3)4/h6-16,32H,1-5H3,(H,30,35). The summed E-state index contributed by atoms with van der Waals surface area (Å²) in [6.07, 6.45) is 0. The van der Waals surface area contributed by atoms with Crippen LogP contribution in [0, 0.1) is 22.9 Å². The number of sulfonamides is 1. The number of aromatic nitrogens is 2. The molecule has 14 heteroatoms. The van der Waals surface area contributed by atoms with Gasteiger partial charge in [0.05, 0.1) is 17.7 Å². The van der Waals surface area contributed by atoms with E-state index in [9.17, 15) is 27.7 Å². The van der Waals surface area contributed by atoms with Crippen LogP contribution in [-0.2, 0) is 10.0 Å². The van der Waals surface area contributed by atoms with Crippen molar-refractivity contribution in [1.82, 2.24) is 14.5 Å². The third-order valence-electron chi connectivity index (χ3n) is 5.78. The second-order valence-corrected chi connectivity index (χ2v) is 11.8. The van der Waals surface area contributed by atoms with Gasteiger partial charge in [0.1, 0.15) is 22.2 Å². The molecule has 0 fully saturated rings. The first kappa shape index (κ1) is 30.1. The predicted molar refractivity (Wildman–Crippen MR) is 152 cm³/mol. The van der Waals surface area contributed by atoms with Gasteiger partial charge < -0.3 is 14.8 Å². The lowest BCUT2D eigenvalue weighted by Crippen LogP contribution is -2.40. The molecule has 0 aliphatic carbocycles. The predicted octanol–water partition coefficient (Wildman–Crippen LogP) is 5.36. The van der Waals surface area contributed by atoms with Crippen molar-refractivity contribution in [1.29, 1.82) is 0 Å². The zero-order chi connectivity index (χ0) is 30.8. The highest BCUT2D eigenvalue weighted by Crippen LogP contribution is 2.36. The first-order valence-electron chi connectivity index (χ1n) is 12.5. The number of nitrogens with one attached hydrogen (secondary N) is 2. The maximum atomic E-state index is 13.4. The number of nitro benzene ring substituents is 1. The SMILES string of the molecule is COc1ccc(-n2nc(C(=O)Nc3ccc(F)cc3)c(C)c2Oc2ccc([N+](=O)[O-])cc2S(=O)(=O)NC(C)(C)C)cc1. The summed E-state index contributed by atoms with van der Waals surface area (Å²) < 4.78 is 55.1. The number of nitro groups is 1. The summed E-state index contributed by atoms with van der Waals surface area (Å²) in [6, 6.07) is 14.9. The molecule has 0 radical (unpaired) electrons. The molecule has 12 nitrogen and oxygen atoms in total. The van der Waals surface area contributed by atoms with Crippen molar-refractivity contribution in [2.45, 2.75) is 38.1 Å². The van der Waals surface area contributed by atoms with Crippen LogP contribution >= 0.6 is 0 Å². The number of carbonyl (C=O) groups excluding carboxylic acids is 1. The Bertz CT molecular complexity index is 1750. The topological polar surface area (TPSA) is 155 Å². The molecule has 4 aromatic rings. The molecule has 220 valence electrons. The number of nitrogens with zero attached hydrogens (tertiary/aromatic N) is 3. The van der Waals surface area contributed by atoms with Gasteiger partial charge in [0.15, 0.2) is 5.69 Å². The van der Waals surface area contributed by atoms with Crippen molar-refractivity contribution < 1.29 is 32.0 Å². The van der Waals surface area contributed by atoms with E-state index in [0.29, 0.717) is 17.1 Å². The number of amides is 1. The highest BCUT2D eigenvalue weighted by molar-refractivity contribution is 7.89. The van der Waals surface area contributed by atoms with Crippen molar-refractivity contribution in [2.75, 3.05) is 12.4 Å². The Hall–Kier alpha value is -4.82. The molecule has 0 unspecified atom stereocenters. The van der Waals surface area contributed by atoms with Gasteiger partial charge in [-0.15, -0.1) is 0 Å². The van der Waals surface area contributed by atoms with Crippen LogP contribution in [-0.4, -0.2) is 41.7 Å². The molecule has 0 spiro atoms. The van der Waals surface area contributed by atoms with Crippen LogP contribution in [0.15, 0.2) is 71.6 Å². The van der Waals surface area contributed by atoms with Crippen molar-refractivity contribution >= 4 is 27.3 Å². The van der Waals surface area contributed by atoms with Crippen molar-refractivity contribution in [2.24, 2.45) is 0 Å². The van der Waals surface area contributed by atoms with Crippen LogP contribution in [0.1, 0.15) is 36.8 Å². The Labute approximate surface area is 241 Å². The molecule has 0 saturated carbocycles. The fourth-order valence-electron chi connectivity index (χ4n) is 3.90. The van der Waals surface area contributed by atoms with Crippen LogP contribution in [0.3, 0.4) is 0 Å². The number of ether oxygens (including phenoxy) is 2. The number of methoxy groups -OCH3 is 1. The summed E-state index contributed by atoms with van der Waals surface area (Å²) >= 11 is 0. The molecule has 1 aromatic heterocycles. The van der Waals surface area contributed by atoms with Gasteiger partial charge >= 0.3 is 0 Å². The van der Waals surface area contributed by atoms with Crippen molar-refractivity contribution in [3.8, 4) is 23.1 Å².